The first kappa shape index (κ1) is 5.83. The van der Waals surface area contributed by atoms with Crippen LogP contribution in [0.2, 0.25) is 0 Å². The van der Waals surface area contributed by atoms with Gasteiger partial charge in [0, 0.05) is 6.61 Å². The summed E-state index contributed by atoms with van der Waals surface area (Å²) in [6.07, 6.45) is 2.62. The first-order chi connectivity index (χ1) is 3.80. The summed E-state index contributed by atoms with van der Waals surface area (Å²) in [5.74, 6) is 0. The first-order valence-electron chi connectivity index (χ1n) is 3.10. The minimum Gasteiger partial charge on any atom is -0.374 e. The van der Waals surface area contributed by atoms with E-state index in [1.165, 1.54) is 5.57 Å². The Balaban J connectivity index is 2.39. The van der Waals surface area contributed by atoms with Crippen molar-refractivity contribution in [1.82, 2.24) is 0 Å². The molecule has 0 aliphatic carbocycles. The lowest BCUT2D eigenvalue weighted by molar-refractivity contribution is 0.0653. The van der Waals surface area contributed by atoms with Crippen molar-refractivity contribution >= 4 is 0 Å². The second-order valence-electron chi connectivity index (χ2n) is 2.27. The van der Waals surface area contributed by atoms with Crippen molar-refractivity contribution in [3.05, 3.63) is 12.2 Å². The van der Waals surface area contributed by atoms with Gasteiger partial charge in [0.25, 0.3) is 0 Å². The molecule has 1 saturated heterocycles. The van der Waals surface area contributed by atoms with Gasteiger partial charge in [0.1, 0.15) is 0 Å². The largest absolute Gasteiger partial charge is 0.374 e. The highest BCUT2D eigenvalue weighted by atomic mass is 16.5. The van der Waals surface area contributed by atoms with Gasteiger partial charge in [0.2, 0.25) is 0 Å². The molecule has 1 heterocycles. The maximum absolute atomic E-state index is 5.29. The number of rotatable bonds is 0. The van der Waals surface area contributed by atoms with Gasteiger partial charge in [-0.25, -0.2) is 0 Å². The highest BCUT2D eigenvalue weighted by Gasteiger charge is 2.10. The Morgan fingerprint density at radius 3 is 2.88 bits per heavy atom. The van der Waals surface area contributed by atoms with E-state index in [1.54, 1.807) is 0 Å². The number of ether oxygens (including phenoxy) is 1. The summed E-state index contributed by atoms with van der Waals surface area (Å²) in [5.41, 5.74) is 1.25. The fourth-order valence-electron chi connectivity index (χ4n) is 0.880. The van der Waals surface area contributed by atoms with Crippen molar-refractivity contribution in [2.24, 2.45) is 0 Å². The van der Waals surface area contributed by atoms with E-state index in [2.05, 4.69) is 13.5 Å². The summed E-state index contributed by atoms with van der Waals surface area (Å²) in [6.45, 7) is 6.84. The molecule has 1 aliphatic heterocycles. The van der Waals surface area contributed by atoms with Crippen molar-refractivity contribution in [3.63, 3.8) is 0 Å². The van der Waals surface area contributed by atoms with Gasteiger partial charge in [-0.15, -0.1) is 0 Å². The maximum Gasteiger partial charge on any atom is 0.0754 e. The van der Waals surface area contributed by atoms with E-state index >= 15 is 0 Å². The third-order valence-corrected chi connectivity index (χ3v) is 1.58. The average molecular weight is 112 g/mol. The van der Waals surface area contributed by atoms with E-state index in [4.69, 9.17) is 4.74 Å². The second kappa shape index (κ2) is 2.31. The summed E-state index contributed by atoms with van der Waals surface area (Å²) in [6, 6.07) is 0. The molecule has 0 amide bonds. The van der Waals surface area contributed by atoms with Crippen LogP contribution in [0.4, 0.5) is 0 Å². The van der Waals surface area contributed by atoms with Crippen LogP contribution in [0.15, 0.2) is 12.2 Å². The molecule has 0 N–H and O–H groups in total. The van der Waals surface area contributed by atoms with E-state index < -0.39 is 0 Å². The lowest BCUT2D eigenvalue weighted by Gasteiger charge is -2.20. The highest BCUT2D eigenvalue weighted by Crippen LogP contribution is 2.16. The fraction of sp³-hybridized carbons (Fsp3) is 0.714. The van der Waals surface area contributed by atoms with E-state index in [0.29, 0.717) is 6.10 Å². The van der Waals surface area contributed by atoms with Crippen molar-refractivity contribution < 1.29 is 4.74 Å². The molecule has 0 aromatic rings. The Bertz CT molecular complexity index is 96.6. The van der Waals surface area contributed by atoms with Crippen LogP contribution in [-0.2, 0) is 4.74 Å². The third kappa shape index (κ3) is 1.10. The topological polar surface area (TPSA) is 9.23 Å². The summed E-state index contributed by atoms with van der Waals surface area (Å²) >= 11 is 0. The molecule has 1 unspecified atom stereocenters. The normalized spacial score (nSPS) is 30.6. The first-order valence-corrected chi connectivity index (χ1v) is 3.10. The average Bonchev–Trinajstić information content (AvgIpc) is 1.77. The molecular weight excluding hydrogens is 100 g/mol. The Morgan fingerprint density at radius 1 is 1.75 bits per heavy atom. The van der Waals surface area contributed by atoms with E-state index in [1.807, 2.05) is 0 Å². The van der Waals surface area contributed by atoms with Crippen LogP contribution in [0.3, 0.4) is 0 Å². The third-order valence-electron chi connectivity index (χ3n) is 1.58. The van der Waals surface area contributed by atoms with Gasteiger partial charge in [0.05, 0.1) is 6.10 Å². The molecule has 46 valence electrons. The lowest BCUT2D eigenvalue weighted by Crippen LogP contribution is -2.17. The number of hydrogen-bond acceptors (Lipinski definition) is 1. The molecule has 0 aromatic heterocycles. The van der Waals surface area contributed by atoms with Gasteiger partial charge in [0.15, 0.2) is 0 Å². The smallest absolute Gasteiger partial charge is 0.0754 e. The molecule has 0 spiro atoms. The zero-order valence-corrected chi connectivity index (χ0v) is 5.31. The zero-order valence-electron chi connectivity index (χ0n) is 5.31. The predicted octanol–water partition coefficient (Wildman–Crippen LogP) is 1.74. The summed E-state index contributed by atoms with van der Waals surface area (Å²) in [5, 5.41) is 0. The molecular formula is C7H12O. The summed E-state index contributed by atoms with van der Waals surface area (Å²) in [7, 11) is 0. The van der Waals surface area contributed by atoms with Crippen LogP contribution < -0.4 is 0 Å². The van der Waals surface area contributed by atoms with Crippen molar-refractivity contribution in [1.29, 1.82) is 0 Å². The minimum atomic E-state index is 0.309. The van der Waals surface area contributed by atoms with Gasteiger partial charge in [-0.3, -0.25) is 0 Å². The minimum absolute atomic E-state index is 0.309. The monoisotopic (exact) mass is 112 g/mol. The Morgan fingerprint density at radius 2 is 2.50 bits per heavy atom. The molecule has 1 nitrogen and oxygen atoms in total. The Kier molecular flexibility index (Phi) is 1.69. The van der Waals surface area contributed by atoms with Gasteiger partial charge < -0.3 is 4.74 Å². The van der Waals surface area contributed by atoms with Crippen molar-refractivity contribution in [2.45, 2.75) is 25.9 Å². The van der Waals surface area contributed by atoms with Gasteiger partial charge in [-0.1, -0.05) is 6.58 Å². The van der Waals surface area contributed by atoms with Crippen molar-refractivity contribution in [2.75, 3.05) is 6.61 Å². The van der Waals surface area contributed by atoms with Crippen LogP contribution in [-0.4, -0.2) is 12.7 Å². The zero-order chi connectivity index (χ0) is 5.98. The molecule has 1 aliphatic rings. The van der Waals surface area contributed by atoms with E-state index in [9.17, 15) is 0 Å². The van der Waals surface area contributed by atoms with Crippen LogP contribution in [0, 0.1) is 0 Å². The second-order valence-corrected chi connectivity index (χ2v) is 2.27. The summed E-state index contributed by atoms with van der Waals surface area (Å²) in [4.78, 5) is 0. The fourth-order valence-corrected chi connectivity index (χ4v) is 0.880. The van der Waals surface area contributed by atoms with E-state index in [0.717, 1.165) is 19.4 Å². The van der Waals surface area contributed by atoms with Gasteiger partial charge in [-0.05, 0) is 25.3 Å². The molecule has 1 fully saturated rings. The molecule has 0 radical (unpaired) electrons. The van der Waals surface area contributed by atoms with Crippen LogP contribution in [0.1, 0.15) is 19.8 Å². The molecule has 1 rings (SSSR count). The Hall–Kier alpha value is -0.300. The molecule has 0 aromatic carbocycles. The molecule has 1 heteroatoms. The number of hydrogen-bond donors (Lipinski definition) is 0. The molecule has 1 atom stereocenters. The summed E-state index contributed by atoms with van der Waals surface area (Å²) < 4.78 is 5.29. The maximum atomic E-state index is 5.29. The quantitative estimate of drug-likeness (QED) is 0.434. The van der Waals surface area contributed by atoms with Crippen LogP contribution >= 0.6 is 0 Å². The van der Waals surface area contributed by atoms with Gasteiger partial charge in [-0.2, -0.15) is 0 Å². The molecule has 0 saturated carbocycles. The van der Waals surface area contributed by atoms with Crippen LogP contribution in [0.5, 0.6) is 0 Å². The highest BCUT2D eigenvalue weighted by molar-refractivity contribution is 5.02. The predicted molar refractivity (Wildman–Crippen MR) is 33.8 cm³/mol. The van der Waals surface area contributed by atoms with E-state index in [-0.39, 0.29) is 0 Å². The van der Waals surface area contributed by atoms with Gasteiger partial charge >= 0.3 is 0 Å². The Labute approximate surface area is 50.3 Å². The molecule has 8 heavy (non-hydrogen) atoms. The van der Waals surface area contributed by atoms with Crippen LogP contribution in [0.25, 0.3) is 0 Å². The standard InChI is InChI=1S/C7H12O/c1-6-4-3-5-8-7(6)2/h7H,1,3-5H2,2H3. The lowest BCUT2D eigenvalue weighted by atomic mass is 10.1. The van der Waals surface area contributed by atoms with Crippen molar-refractivity contribution in [3.8, 4) is 0 Å². The molecule has 0 bridgehead atoms. The SMILES string of the molecule is C=C1CCCOC1C.